The van der Waals surface area contributed by atoms with E-state index in [2.05, 4.69) is 10.3 Å². The molecule has 1 heterocycles. The van der Waals surface area contributed by atoms with Crippen molar-refractivity contribution in [3.8, 4) is 0 Å². The van der Waals surface area contributed by atoms with Crippen molar-refractivity contribution < 1.29 is 22.4 Å². The molecule has 1 aliphatic carbocycles. The number of nitrogens with zero attached hydrogens (tertiary/aromatic N) is 1. The normalized spacial score (nSPS) is 21.8. The van der Waals surface area contributed by atoms with E-state index >= 15 is 0 Å². The Balaban J connectivity index is 1.73. The van der Waals surface area contributed by atoms with Crippen LogP contribution in [0.1, 0.15) is 52.3 Å². The van der Waals surface area contributed by atoms with Gasteiger partial charge in [-0.1, -0.05) is 27.2 Å². The van der Waals surface area contributed by atoms with Crippen molar-refractivity contribution in [2.24, 2.45) is 11.8 Å². The third-order valence-corrected chi connectivity index (χ3v) is 4.80. The summed E-state index contributed by atoms with van der Waals surface area (Å²) in [5.41, 5.74) is 1.51. The number of benzene rings is 1. The highest BCUT2D eigenvalue weighted by molar-refractivity contribution is 5.94. The number of rotatable bonds is 2. The Morgan fingerprint density at radius 3 is 2.62 bits per heavy atom. The smallest absolute Gasteiger partial charge is 0.391 e. The lowest BCUT2D eigenvalue weighted by Crippen LogP contribution is -2.34. The number of amides is 1. The highest BCUT2D eigenvalue weighted by Crippen LogP contribution is 2.40. The van der Waals surface area contributed by atoms with Crippen LogP contribution in [0.3, 0.4) is 0 Å². The maximum absolute atomic E-state index is 12.9. The molecule has 3 rings (SSSR count). The second kappa shape index (κ2) is 6.59. The number of oxazole rings is 1. The quantitative estimate of drug-likeness (QED) is 0.769. The van der Waals surface area contributed by atoms with Gasteiger partial charge in [0, 0.05) is 17.0 Å². The number of halogens is 3. The van der Waals surface area contributed by atoms with Crippen LogP contribution in [0, 0.1) is 11.8 Å². The maximum Gasteiger partial charge on any atom is 0.391 e. The Labute approximate surface area is 150 Å². The predicted octanol–water partition coefficient (Wildman–Crippen LogP) is 5.43. The number of nitrogens with one attached hydrogen (secondary N) is 1. The molecule has 1 aliphatic rings. The fourth-order valence-corrected chi connectivity index (χ4v) is 3.30. The van der Waals surface area contributed by atoms with E-state index in [9.17, 15) is 18.0 Å². The summed E-state index contributed by atoms with van der Waals surface area (Å²) >= 11 is 0. The van der Waals surface area contributed by atoms with Crippen LogP contribution in [0.4, 0.5) is 18.9 Å². The van der Waals surface area contributed by atoms with Crippen molar-refractivity contribution in [1.82, 2.24) is 4.98 Å². The van der Waals surface area contributed by atoms with Crippen LogP contribution in [0.5, 0.6) is 0 Å². The van der Waals surface area contributed by atoms with Crippen molar-refractivity contribution in [1.29, 1.82) is 0 Å². The molecule has 1 fully saturated rings. The van der Waals surface area contributed by atoms with Crippen LogP contribution in [0.15, 0.2) is 22.6 Å². The largest absolute Gasteiger partial charge is 0.440 e. The van der Waals surface area contributed by atoms with Crippen LogP contribution >= 0.6 is 0 Å². The zero-order chi connectivity index (χ0) is 19.1. The number of anilines is 1. The Bertz CT molecular complexity index is 805. The van der Waals surface area contributed by atoms with Gasteiger partial charge in [-0.2, -0.15) is 13.2 Å². The van der Waals surface area contributed by atoms with Gasteiger partial charge in [-0.05, 0) is 37.5 Å². The van der Waals surface area contributed by atoms with Crippen molar-refractivity contribution in [2.45, 2.75) is 58.0 Å². The van der Waals surface area contributed by atoms with E-state index in [0.717, 1.165) is 0 Å². The number of carbonyl (C=O) groups excluding carboxylic acids is 1. The summed E-state index contributed by atoms with van der Waals surface area (Å²) in [4.78, 5) is 16.9. The highest BCUT2D eigenvalue weighted by Gasteiger charge is 2.43. The predicted molar refractivity (Wildman–Crippen MR) is 92.8 cm³/mol. The number of carbonyl (C=O) groups is 1. The van der Waals surface area contributed by atoms with E-state index in [-0.39, 0.29) is 24.2 Å². The van der Waals surface area contributed by atoms with E-state index in [0.29, 0.717) is 35.5 Å². The second-order valence-corrected chi connectivity index (χ2v) is 8.04. The molecule has 4 nitrogen and oxygen atoms in total. The van der Waals surface area contributed by atoms with Gasteiger partial charge in [0.05, 0.1) is 5.92 Å². The lowest BCUT2D eigenvalue weighted by Gasteiger charge is -2.29. The summed E-state index contributed by atoms with van der Waals surface area (Å²) in [6.07, 6.45) is -3.37. The number of aromatic nitrogens is 1. The van der Waals surface area contributed by atoms with Crippen LogP contribution in [0.2, 0.25) is 0 Å². The van der Waals surface area contributed by atoms with E-state index in [1.807, 2.05) is 20.8 Å². The van der Waals surface area contributed by atoms with E-state index in [1.165, 1.54) is 0 Å². The monoisotopic (exact) mass is 368 g/mol. The summed E-state index contributed by atoms with van der Waals surface area (Å²) in [7, 11) is 0. The number of hydrogen-bond donors (Lipinski definition) is 1. The molecule has 0 aliphatic heterocycles. The molecule has 0 radical (unpaired) electrons. The first kappa shape index (κ1) is 18.7. The zero-order valence-electron chi connectivity index (χ0n) is 15.1. The van der Waals surface area contributed by atoms with Crippen molar-refractivity contribution in [3.63, 3.8) is 0 Å². The molecule has 1 aromatic carbocycles. The van der Waals surface area contributed by atoms with Gasteiger partial charge < -0.3 is 9.73 Å². The van der Waals surface area contributed by atoms with Crippen molar-refractivity contribution in [2.75, 3.05) is 5.32 Å². The third-order valence-electron chi connectivity index (χ3n) is 4.80. The lowest BCUT2D eigenvalue weighted by molar-refractivity contribution is -0.185. The first-order chi connectivity index (χ1) is 12.0. The molecule has 26 heavy (non-hydrogen) atoms. The maximum atomic E-state index is 12.9. The van der Waals surface area contributed by atoms with Gasteiger partial charge in [0.25, 0.3) is 0 Å². The molecular weight excluding hydrogens is 345 g/mol. The van der Waals surface area contributed by atoms with Gasteiger partial charge in [0.2, 0.25) is 11.8 Å². The topological polar surface area (TPSA) is 55.1 Å². The SMILES string of the molecule is CC(C)(C)c1nc2cc(NC(=O)C3CCCC(C(F)(F)F)C3)ccc2o1. The fraction of sp³-hybridized carbons (Fsp3) is 0.579. The Morgan fingerprint density at radius 2 is 1.96 bits per heavy atom. The second-order valence-electron chi connectivity index (χ2n) is 8.04. The average Bonchev–Trinajstić information content (AvgIpc) is 2.98. The molecule has 7 heteroatoms. The number of hydrogen-bond acceptors (Lipinski definition) is 3. The van der Waals surface area contributed by atoms with E-state index in [1.54, 1.807) is 18.2 Å². The number of fused-ring (bicyclic) bond motifs is 1. The molecule has 0 saturated heterocycles. The van der Waals surface area contributed by atoms with Gasteiger partial charge in [-0.25, -0.2) is 4.98 Å². The molecular formula is C19H23F3N2O2. The fourth-order valence-electron chi connectivity index (χ4n) is 3.30. The van der Waals surface area contributed by atoms with Gasteiger partial charge in [0.1, 0.15) is 5.52 Å². The molecule has 1 saturated carbocycles. The summed E-state index contributed by atoms with van der Waals surface area (Å²) < 4.78 is 44.5. The summed E-state index contributed by atoms with van der Waals surface area (Å²) in [5.74, 6) is -1.78. The minimum Gasteiger partial charge on any atom is -0.440 e. The minimum absolute atomic E-state index is 0.105. The van der Waals surface area contributed by atoms with Crippen LogP contribution in [-0.2, 0) is 10.2 Å². The average molecular weight is 368 g/mol. The minimum atomic E-state index is -4.23. The molecule has 0 spiro atoms. The molecule has 0 bridgehead atoms. The lowest BCUT2D eigenvalue weighted by atomic mass is 9.80. The molecule has 2 atom stereocenters. The zero-order valence-corrected chi connectivity index (χ0v) is 15.1. The molecule has 142 valence electrons. The van der Waals surface area contributed by atoms with Crippen molar-refractivity contribution in [3.05, 3.63) is 24.1 Å². The van der Waals surface area contributed by atoms with Crippen LogP contribution in [-0.4, -0.2) is 17.1 Å². The molecule has 1 amide bonds. The Hall–Kier alpha value is -2.05. The highest BCUT2D eigenvalue weighted by atomic mass is 19.4. The molecule has 1 N–H and O–H groups in total. The van der Waals surface area contributed by atoms with Gasteiger partial charge in [0.15, 0.2) is 5.58 Å². The van der Waals surface area contributed by atoms with Gasteiger partial charge in [-0.15, -0.1) is 0 Å². The van der Waals surface area contributed by atoms with Crippen LogP contribution < -0.4 is 5.32 Å². The van der Waals surface area contributed by atoms with Crippen LogP contribution in [0.25, 0.3) is 11.1 Å². The van der Waals surface area contributed by atoms with Crippen molar-refractivity contribution >= 4 is 22.7 Å². The third kappa shape index (κ3) is 4.02. The standard InChI is InChI=1S/C19H23F3N2O2/c1-18(2,3)17-24-14-10-13(7-8-15(14)26-17)23-16(25)11-5-4-6-12(9-11)19(20,21)22/h7-8,10-12H,4-6,9H2,1-3H3,(H,23,25). The molecule has 2 unspecified atom stereocenters. The Morgan fingerprint density at radius 1 is 1.23 bits per heavy atom. The van der Waals surface area contributed by atoms with E-state index in [4.69, 9.17) is 4.42 Å². The molecule has 2 aromatic rings. The number of alkyl halides is 3. The van der Waals surface area contributed by atoms with E-state index < -0.39 is 18.0 Å². The Kier molecular flexibility index (Phi) is 4.75. The van der Waals surface area contributed by atoms with Gasteiger partial charge >= 0.3 is 6.18 Å². The first-order valence-electron chi connectivity index (χ1n) is 8.82. The first-order valence-corrected chi connectivity index (χ1v) is 8.82. The van der Waals surface area contributed by atoms with Gasteiger partial charge in [-0.3, -0.25) is 4.79 Å². The summed E-state index contributed by atoms with van der Waals surface area (Å²) in [6, 6.07) is 5.09. The summed E-state index contributed by atoms with van der Waals surface area (Å²) in [5, 5.41) is 2.74. The summed E-state index contributed by atoms with van der Waals surface area (Å²) in [6.45, 7) is 5.96. The molecule has 1 aromatic heterocycles.